The van der Waals surface area contributed by atoms with Crippen LogP contribution in [0.2, 0.25) is 0 Å². The first-order valence-corrected chi connectivity index (χ1v) is 27.9. The van der Waals surface area contributed by atoms with Gasteiger partial charge in [-0.25, -0.2) is 4.79 Å². The molecule has 0 aromatic rings. The first-order valence-electron chi connectivity index (χ1n) is 27.9. The summed E-state index contributed by atoms with van der Waals surface area (Å²) < 4.78 is 17.4. The van der Waals surface area contributed by atoms with Crippen LogP contribution in [0.3, 0.4) is 0 Å². The van der Waals surface area contributed by atoms with E-state index in [1.54, 1.807) is 0 Å². The first-order chi connectivity index (χ1) is 31.6. The van der Waals surface area contributed by atoms with Crippen molar-refractivity contribution in [2.45, 2.75) is 283 Å². The van der Waals surface area contributed by atoms with E-state index in [0.717, 1.165) is 51.4 Å². The van der Waals surface area contributed by atoms with E-state index in [9.17, 15) is 19.5 Å². The molecule has 0 aromatic heterocycles. The highest BCUT2D eigenvalue weighted by molar-refractivity contribution is 5.72. The minimum Gasteiger partial charge on any atom is -0.477 e. The van der Waals surface area contributed by atoms with Crippen molar-refractivity contribution in [3.63, 3.8) is 0 Å². The summed E-state index contributed by atoms with van der Waals surface area (Å²) in [5, 5.41) is 9.67. The molecule has 65 heavy (non-hydrogen) atoms. The molecule has 8 nitrogen and oxygen atoms in total. The quantitative estimate of drug-likeness (QED) is 0.0281. The van der Waals surface area contributed by atoms with E-state index in [0.29, 0.717) is 19.3 Å². The molecule has 0 heterocycles. The Bertz CT molecular complexity index is 1120. The van der Waals surface area contributed by atoms with Crippen molar-refractivity contribution in [2.75, 3.05) is 41.0 Å². The molecule has 0 radical (unpaired) electrons. The van der Waals surface area contributed by atoms with Crippen LogP contribution in [0.1, 0.15) is 271 Å². The van der Waals surface area contributed by atoms with Gasteiger partial charge < -0.3 is 23.8 Å². The number of allylic oxidation sites excluding steroid dienone is 4. The Kier molecular flexibility index (Phi) is 46.6. The number of hydrogen-bond acceptors (Lipinski definition) is 6. The zero-order valence-corrected chi connectivity index (χ0v) is 43.7. The van der Waals surface area contributed by atoms with E-state index in [1.807, 2.05) is 21.1 Å². The summed E-state index contributed by atoms with van der Waals surface area (Å²) in [6, 6.07) is -0.614. The summed E-state index contributed by atoms with van der Waals surface area (Å²) in [6.07, 6.45) is 56.6. The number of carbonyl (C=O) groups is 3. The van der Waals surface area contributed by atoms with Crippen LogP contribution >= 0.6 is 0 Å². The molecule has 1 N–H and O–H groups in total. The van der Waals surface area contributed by atoms with E-state index in [1.165, 1.54) is 186 Å². The Morgan fingerprint density at radius 1 is 0.462 bits per heavy atom. The normalized spacial score (nSPS) is 12.9. The molecule has 0 spiro atoms. The zero-order chi connectivity index (χ0) is 47.7. The Morgan fingerprint density at radius 2 is 0.815 bits per heavy atom. The third-order valence-corrected chi connectivity index (χ3v) is 12.9. The summed E-state index contributed by atoms with van der Waals surface area (Å²) >= 11 is 0. The van der Waals surface area contributed by atoms with E-state index < -0.39 is 18.1 Å². The monoisotopic (exact) mass is 919 g/mol. The van der Waals surface area contributed by atoms with Crippen molar-refractivity contribution in [2.24, 2.45) is 0 Å². The van der Waals surface area contributed by atoms with Crippen LogP contribution in [-0.2, 0) is 28.6 Å². The molecule has 2 unspecified atom stereocenters. The van der Waals surface area contributed by atoms with Crippen molar-refractivity contribution in [3.05, 3.63) is 24.3 Å². The highest BCUT2D eigenvalue weighted by Gasteiger charge is 2.31. The van der Waals surface area contributed by atoms with Gasteiger partial charge in [0.1, 0.15) is 6.61 Å². The van der Waals surface area contributed by atoms with Gasteiger partial charge in [-0.05, 0) is 44.9 Å². The van der Waals surface area contributed by atoms with Gasteiger partial charge in [-0.1, -0.05) is 231 Å². The van der Waals surface area contributed by atoms with Gasteiger partial charge in [-0.2, -0.15) is 0 Å². The van der Waals surface area contributed by atoms with Crippen LogP contribution in [0.4, 0.5) is 0 Å². The number of carboxylic acid groups (broad SMARTS) is 1. The second-order valence-corrected chi connectivity index (χ2v) is 20.2. The number of ether oxygens (including phenoxy) is 3. The highest BCUT2D eigenvalue weighted by atomic mass is 16.6. The van der Waals surface area contributed by atoms with Crippen molar-refractivity contribution >= 4 is 17.9 Å². The summed E-state index contributed by atoms with van der Waals surface area (Å²) in [5.74, 6) is -1.46. The van der Waals surface area contributed by atoms with Crippen LogP contribution in [0.25, 0.3) is 0 Å². The highest BCUT2D eigenvalue weighted by Crippen LogP contribution is 2.17. The smallest absolute Gasteiger partial charge is 0.362 e. The molecule has 0 aliphatic carbocycles. The van der Waals surface area contributed by atoms with Crippen molar-refractivity contribution < 1.29 is 38.2 Å². The number of carboxylic acids is 1. The minimum atomic E-state index is -0.872. The summed E-state index contributed by atoms with van der Waals surface area (Å²) in [6.45, 7) is 4.78. The molecule has 2 atom stereocenters. The fraction of sp³-hybridized carbons (Fsp3) is 0.877. The molecule has 0 saturated heterocycles. The molecule has 0 amide bonds. The number of carbonyl (C=O) groups excluding carboxylic acids is 2. The number of aliphatic carboxylic acids is 1. The van der Waals surface area contributed by atoms with Crippen molar-refractivity contribution in [1.29, 1.82) is 0 Å². The fourth-order valence-electron chi connectivity index (χ4n) is 8.54. The van der Waals surface area contributed by atoms with Gasteiger partial charge in [0.05, 0.1) is 34.4 Å². The molecule has 0 saturated carbocycles. The Balaban J connectivity index is 4.19. The number of rotatable bonds is 51. The molecule has 8 heteroatoms. The predicted molar refractivity (Wildman–Crippen MR) is 275 cm³/mol. The average molecular weight is 919 g/mol. The van der Waals surface area contributed by atoms with Crippen LogP contribution < -0.4 is 0 Å². The topological polar surface area (TPSA) is 99.1 Å². The first kappa shape index (κ1) is 62.8. The lowest BCUT2D eigenvalue weighted by atomic mass is 10.0. The number of nitrogens with zero attached hydrogens (tertiary/aromatic N) is 1. The average Bonchev–Trinajstić information content (AvgIpc) is 3.27. The molecule has 382 valence electrons. The zero-order valence-electron chi connectivity index (χ0n) is 43.7. The number of unbranched alkanes of at least 4 members (excludes halogenated alkanes) is 33. The van der Waals surface area contributed by atoms with Gasteiger partial charge in [-0.3, -0.25) is 9.59 Å². The third-order valence-electron chi connectivity index (χ3n) is 12.9. The Morgan fingerprint density at radius 3 is 1.18 bits per heavy atom. The maximum Gasteiger partial charge on any atom is 0.362 e. The standard InChI is InChI=1S/C57H107NO7/c1-6-8-10-12-14-16-18-20-22-24-26-27-28-29-30-32-34-36-38-40-42-44-46-48-56(60)65-53(51-63-50-49-54(57(61)62)58(3,4)5)52-64-55(59)47-45-43-41-39-37-35-33-31-25-23-21-19-17-15-13-11-9-7-2/h26-27,29-30,53-54H,6-25,28,31-52H2,1-5H3/p+1/b27-26+,30-29+. The Hall–Kier alpha value is -2.19. The minimum absolute atomic E-state index is 0.0490. The third kappa shape index (κ3) is 46.7. The van der Waals surface area contributed by atoms with Gasteiger partial charge in [0, 0.05) is 19.3 Å². The van der Waals surface area contributed by atoms with E-state index in [-0.39, 0.29) is 36.2 Å². The Labute approximate surface area is 402 Å². The summed E-state index contributed by atoms with van der Waals surface area (Å²) in [4.78, 5) is 37.2. The van der Waals surface area contributed by atoms with Crippen LogP contribution in [0, 0.1) is 0 Å². The maximum atomic E-state index is 12.8. The lowest BCUT2D eigenvalue weighted by molar-refractivity contribution is -0.887. The molecule has 0 rings (SSSR count). The molecule has 0 fully saturated rings. The number of esters is 2. The molecule has 0 bridgehead atoms. The lowest BCUT2D eigenvalue weighted by Gasteiger charge is -2.31. The lowest BCUT2D eigenvalue weighted by Crippen LogP contribution is -2.50. The van der Waals surface area contributed by atoms with Gasteiger partial charge in [-0.15, -0.1) is 0 Å². The molecular weight excluding hydrogens is 811 g/mol. The second kappa shape index (κ2) is 48.3. The van der Waals surface area contributed by atoms with Crippen LogP contribution in [0.15, 0.2) is 24.3 Å². The largest absolute Gasteiger partial charge is 0.477 e. The maximum absolute atomic E-state index is 12.8. The van der Waals surface area contributed by atoms with Crippen molar-refractivity contribution in [1.82, 2.24) is 0 Å². The van der Waals surface area contributed by atoms with Gasteiger partial charge in [0.25, 0.3) is 0 Å². The summed E-state index contributed by atoms with van der Waals surface area (Å²) in [5.41, 5.74) is 0. The number of quaternary nitrogens is 1. The van der Waals surface area contributed by atoms with Gasteiger partial charge in [0.15, 0.2) is 12.1 Å². The van der Waals surface area contributed by atoms with Crippen LogP contribution in [0.5, 0.6) is 0 Å². The number of hydrogen-bond donors (Lipinski definition) is 1. The summed E-state index contributed by atoms with van der Waals surface area (Å²) in [7, 11) is 5.55. The second-order valence-electron chi connectivity index (χ2n) is 20.2. The van der Waals surface area contributed by atoms with E-state index in [4.69, 9.17) is 14.2 Å². The molecule has 0 aromatic carbocycles. The van der Waals surface area contributed by atoms with E-state index >= 15 is 0 Å². The van der Waals surface area contributed by atoms with Crippen LogP contribution in [-0.4, -0.2) is 80.6 Å². The fourth-order valence-corrected chi connectivity index (χ4v) is 8.54. The number of likely N-dealkylation sites (N-methyl/N-ethyl adjacent to an activating group) is 1. The molecule has 0 aliphatic heterocycles. The van der Waals surface area contributed by atoms with Gasteiger partial charge >= 0.3 is 17.9 Å². The molecule has 0 aliphatic rings. The SMILES string of the molecule is CCCCCCCCCCC/C=C/C/C=C/CCCCCCCCCC(=O)OC(COCCC(C(=O)O)[N+](C)(C)C)COC(=O)CCCCCCCCCCCCCCCCCCCC. The van der Waals surface area contributed by atoms with E-state index in [2.05, 4.69) is 38.2 Å². The molecular formula is C57H108NO7+. The predicted octanol–water partition coefficient (Wildman–Crippen LogP) is 16.4. The van der Waals surface area contributed by atoms with Crippen molar-refractivity contribution in [3.8, 4) is 0 Å². The van der Waals surface area contributed by atoms with Gasteiger partial charge in [0.2, 0.25) is 0 Å².